The number of amides is 1. The lowest BCUT2D eigenvalue weighted by atomic mass is 9.84. The largest absolute Gasteiger partial charge is 0.490 e. The lowest BCUT2D eigenvalue weighted by Gasteiger charge is -2.27. The molecule has 1 aliphatic rings. The van der Waals surface area contributed by atoms with Gasteiger partial charge in [-0.3, -0.25) is 4.79 Å². The zero-order valence-corrected chi connectivity index (χ0v) is 15.0. The van der Waals surface area contributed by atoms with Gasteiger partial charge in [0.25, 0.3) is 0 Å². The van der Waals surface area contributed by atoms with Crippen molar-refractivity contribution in [3.05, 3.63) is 53.1 Å². The molecule has 1 N–H and O–H groups in total. The van der Waals surface area contributed by atoms with Crippen LogP contribution in [0.4, 0.5) is 18.9 Å². The second-order valence-corrected chi connectivity index (χ2v) is 6.18. The molecule has 144 valence electrons. The van der Waals surface area contributed by atoms with Gasteiger partial charge in [-0.05, 0) is 43.2 Å². The maximum atomic E-state index is 12.8. The molecular weight excluding hydrogens is 359 g/mol. The number of fused-ring (bicyclic) bond motifs is 1. The second-order valence-electron chi connectivity index (χ2n) is 6.18. The molecule has 27 heavy (non-hydrogen) atoms. The number of halogens is 3. The molecule has 0 spiro atoms. The summed E-state index contributed by atoms with van der Waals surface area (Å²) in [6.45, 7) is 4.58. The van der Waals surface area contributed by atoms with E-state index in [-0.39, 0.29) is 18.2 Å². The number of carbonyl (C=O) groups excluding carboxylic acids is 1. The first-order valence-corrected chi connectivity index (χ1v) is 8.74. The Balaban J connectivity index is 2.04. The SMILES string of the molecule is CCOc1cc2c(cc1OCC)[C@@H](c1ccc(C(F)(F)F)cc1)CC(=O)N2. The molecule has 1 atom stereocenters. The standard InChI is InChI=1S/C20H20F3NO3/c1-3-26-17-9-15-14(12-5-7-13(8-6-12)20(21,22)23)10-19(25)24-16(15)11-18(17)27-4-2/h5-9,11,14H,3-4,10H2,1-2H3,(H,24,25)/t14-/m1/s1. The number of rotatable bonds is 5. The molecule has 0 unspecified atom stereocenters. The van der Waals surface area contributed by atoms with Crippen molar-refractivity contribution in [3.8, 4) is 11.5 Å². The molecule has 0 saturated carbocycles. The van der Waals surface area contributed by atoms with Gasteiger partial charge in [-0.2, -0.15) is 13.2 Å². The summed E-state index contributed by atoms with van der Waals surface area (Å²) in [6, 6.07) is 8.43. The van der Waals surface area contributed by atoms with Gasteiger partial charge in [0.1, 0.15) is 0 Å². The van der Waals surface area contributed by atoms with Gasteiger partial charge in [0.15, 0.2) is 11.5 Å². The van der Waals surface area contributed by atoms with Gasteiger partial charge in [0.2, 0.25) is 5.91 Å². The third-order valence-corrected chi connectivity index (χ3v) is 4.39. The highest BCUT2D eigenvalue weighted by atomic mass is 19.4. The zero-order valence-electron chi connectivity index (χ0n) is 15.0. The predicted molar refractivity (Wildman–Crippen MR) is 95.3 cm³/mol. The van der Waals surface area contributed by atoms with Crippen LogP contribution >= 0.6 is 0 Å². The van der Waals surface area contributed by atoms with E-state index in [1.165, 1.54) is 12.1 Å². The predicted octanol–water partition coefficient (Wildman–Crippen LogP) is 4.98. The van der Waals surface area contributed by atoms with E-state index in [2.05, 4.69) is 5.32 Å². The number of alkyl halides is 3. The zero-order chi connectivity index (χ0) is 19.6. The molecule has 2 aromatic carbocycles. The fourth-order valence-corrected chi connectivity index (χ4v) is 3.21. The first-order valence-electron chi connectivity index (χ1n) is 8.74. The van der Waals surface area contributed by atoms with Crippen molar-refractivity contribution in [2.45, 2.75) is 32.4 Å². The van der Waals surface area contributed by atoms with E-state index in [9.17, 15) is 18.0 Å². The molecule has 2 aromatic rings. The monoisotopic (exact) mass is 379 g/mol. The summed E-state index contributed by atoms with van der Waals surface area (Å²) in [5.41, 5.74) is 1.31. The Morgan fingerprint density at radius 3 is 2.19 bits per heavy atom. The van der Waals surface area contributed by atoms with E-state index >= 15 is 0 Å². The van der Waals surface area contributed by atoms with Crippen LogP contribution in [0.1, 0.15) is 42.9 Å². The molecule has 0 radical (unpaired) electrons. The Hall–Kier alpha value is -2.70. The molecule has 0 fully saturated rings. The summed E-state index contributed by atoms with van der Waals surface area (Å²) in [5.74, 6) is 0.516. The third-order valence-electron chi connectivity index (χ3n) is 4.39. The Labute approximate surface area is 155 Å². The minimum atomic E-state index is -4.39. The van der Waals surface area contributed by atoms with Crippen molar-refractivity contribution in [2.75, 3.05) is 18.5 Å². The van der Waals surface area contributed by atoms with E-state index in [4.69, 9.17) is 9.47 Å². The molecule has 0 saturated heterocycles. The van der Waals surface area contributed by atoms with Crippen molar-refractivity contribution >= 4 is 11.6 Å². The molecular formula is C20H20F3NO3. The van der Waals surface area contributed by atoms with Crippen LogP contribution in [0, 0.1) is 0 Å². The lowest BCUT2D eigenvalue weighted by molar-refractivity contribution is -0.137. The van der Waals surface area contributed by atoms with Crippen LogP contribution in [0.2, 0.25) is 0 Å². The van der Waals surface area contributed by atoms with Crippen LogP contribution < -0.4 is 14.8 Å². The Kier molecular flexibility index (Phi) is 5.30. The summed E-state index contributed by atoms with van der Waals surface area (Å²) in [7, 11) is 0. The average Bonchev–Trinajstić information content (AvgIpc) is 2.61. The summed E-state index contributed by atoms with van der Waals surface area (Å²) in [4.78, 5) is 12.2. The van der Waals surface area contributed by atoms with Gasteiger partial charge < -0.3 is 14.8 Å². The molecule has 0 bridgehead atoms. The molecule has 7 heteroatoms. The second kappa shape index (κ2) is 7.50. The summed E-state index contributed by atoms with van der Waals surface area (Å²) in [5, 5.41) is 2.81. The highest BCUT2D eigenvalue weighted by molar-refractivity contribution is 5.96. The summed E-state index contributed by atoms with van der Waals surface area (Å²) in [6.07, 6.45) is -4.24. The summed E-state index contributed by atoms with van der Waals surface area (Å²) >= 11 is 0. The molecule has 1 amide bonds. The number of anilines is 1. The minimum absolute atomic E-state index is 0.151. The average molecular weight is 379 g/mol. The number of hydrogen-bond acceptors (Lipinski definition) is 3. The van der Waals surface area contributed by atoms with Crippen LogP contribution in [0.3, 0.4) is 0 Å². The van der Waals surface area contributed by atoms with Crippen LogP contribution in [-0.4, -0.2) is 19.1 Å². The van der Waals surface area contributed by atoms with Gasteiger partial charge in [-0.1, -0.05) is 12.1 Å². The number of carbonyl (C=O) groups is 1. The fraction of sp³-hybridized carbons (Fsp3) is 0.350. The Morgan fingerprint density at radius 2 is 1.63 bits per heavy atom. The topological polar surface area (TPSA) is 47.6 Å². The molecule has 1 heterocycles. The van der Waals surface area contributed by atoms with Crippen LogP contribution in [0.25, 0.3) is 0 Å². The highest BCUT2D eigenvalue weighted by Crippen LogP contribution is 2.43. The van der Waals surface area contributed by atoms with Crippen LogP contribution in [0.5, 0.6) is 11.5 Å². The molecule has 3 rings (SSSR count). The molecule has 0 aliphatic carbocycles. The van der Waals surface area contributed by atoms with Crippen molar-refractivity contribution in [1.29, 1.82) is 0 Å². The smallest absolute Gasteiger partial charge is 0.416 e. The van der Waals surface area contributed by atoms with Crippen molar-refractivity contribution < 1.29 is 27.4 Å². The van der Waals surface area contributed by atoms with E-state index in [1.54, 1.807) is 12.1 Å². The molecule has 1 aliphatic heterocycles. The van der Waals surface area contributed by atoms with Crippen molar-refractivity contribution in [2.24, 2.45) is 0 Å². The Bertz CT molecular complexity index is 832. The molecule has 4 nitrogen and oxygen atoms in total. The number of nitrogens with one attached hydrogen (secondary N) is 1. The number of hydrogen-bond donors (Lipinski definition) is 1. The van der Waals surface area contributed by atoms with Crippen LogP contribution in [0.15, 0.2) is 36.4 Å². The molecule has 0 aromatic heterocycles. The van der Waals surface area contributed by atoms with E-state index in [1.807, 2.05) is 13.8 Å². The number of benzene rings is 2. The first kappa shape index (κ1) is 19.1. The maximum absolute atomic E-state index is 12.8. The maximum Gasteiger partial charge on any atom is 0.416 e. The summed E-state index contributed by atoms with van der Waals surface area (Å²) < 4.78 is 49.7. The van der Waals surface area contributed by atoms with E-state index in [0.29, 0.717) is 36.0 Å². The van der Waals surface area contributed by atoms with E-state index in [0.717, 1.165) is 17.7 Å². The van der Waals surface area contributed by atoms with Gasteiger partial charge in [-0.25, -0.2) is 0 Å². The Morgan fingerprint density at radius 1 is 1.04 bits per heavy atom. The fourth-order valence-electron chi connectivity index (χ4n) is 3.21. The van der Waals surface area contributed by atoms with Gasteiger partial charge in [0, 0.05) is 24.1 Å². The van der Waals surface area contributed by atoms with Gasteiger partial charge in [-0.15, -0.1) is 0 Å². The minimum Gasteiger partial charge on any atom is -0.490 e. The third kappa shape index (κ3) is 4.02. The van der Waals surface area contributed by atoms with Gasteiger partial charge in [0.05, 0.1) is 18.8 Å². The highest BCUT2D eigenvalue weighted by Gasteiger charge is 2.32. The number of ether oxygens (including phenoxy) is 2. The van der Waals surface area contributed by atoms with Crippen molar-refractivity contribution in [1.82, 2.24) is 0 Å². The van der Waals surface area contributed by atoms with Crippen molar-refractivity contribution in [3.63, 3.8) is 0 Å². The quantitative estimate of drug-likeness (QED) is 0.797. The lowest BCUT2D eigenvalue weighted by Crippen LogP contribution is -2.24. The van der Waals surface area contributed by atoms with Gasteiger partial charge >= 0.3 is 6.18 Å². The van der Waals surface area contributed by atoms with E-state index < -0.39 is 11.7 Å². The van der Waals surface area contributed by atoms with Crippen LogP contribution in [-0.2, 0) is 11.0 Å². The first-order chi connectivity index (χ1) is 12.8. The normalized spacial score (nSPS) is 16.5.